The van der Waals surface area contributed by atoms with E-state index in [0.29, 0.717) is 0 Å². The van der Waals surface area contributed by atoms with Crippen molar-refractivity contribution in [2.45, 2.75) is 4.90 Å². The van der Waals surface area contributed by atoms with E-state index in [1.54, 1.807) is 35.2 Å². The summed E-state index contributed by atoms with van der Waals surface area (Å²) >= 11 is 3.32. The van der Waals surface area contributed by atoms with Crippen LogP contribution in [0.2, 0.25) is 0 Å². The van der Waals surface area contributed by atoms with Crippen molar-refractivity contribution in [3.05, 3.63) is 53.9 Å². The maximum absolute atomic E-state index is 9.53. The molecule has 0 spiro atoms. The fraction of sp³-hybridized carbons (Fsp3) is 0.0625. The summed E-state index contributed by atoms with van der Waals surface area (Å²) < 4.78 is 0. The number of aromatic hydroxyl groups is 1. The predicted octanol–water partition coefficient (Wildman–Crippen LogP) is 4.90. The van der Waals surface area contributed by atoms with E-state index in [-0.39, 0.29) is 5.75 Å². The van der Waals surface area contributed by atoms with E-state index in [0.717, 1.165) is 21.8 Å². The second-order valence-corrected chi connectivity index (χ2v) is 6.05. The summed E-state index contributed by atoms with van der Waals surface area (Å²) in [5, 5.41) is 12.5. The van der Waals surface area contributed by atoms with Crippen molar-refractivity contribution in [3.8, 4) is 27.6 Å². The van der Waals surface area contributed by atoms with E-state index in [9.17, 15) is 5.11 Å². The molecule has 3 rings (SSSR count). The Bertz CT molecular complexity index is 719. The Labute approximate surface area is 126 Å². The summed E-state index contributed by atoms with van der Waals surface area (Å²) in [6.07, 6.45) is 2.07. The van der Waals surface area contributed by atoms with Crippen molar-refractivity contribution < 1.29 is 5.11 Å². The lowest BCUT2D eigenvalue weighted by molar-refractivity contribution is 0.475. The van der Waals surface area contributed by atoms with Crippen LogP contribution in [0.3, 0.4) is 0 Å². The lowest BCUT2D eigenvalue weighted by Crippen LogP contribution is -1.80. The van der Waals surface area contributed by atoms with E-state index in [1.807, 2.05) is 17.5 Å². The summed E-state index contributed by atoms with van der Waals surface area (Å²) in [5.74, 6) is 0.267. The summed E-state index contributed by atoms with van der Waals surface area (Å²) in [6.45, 7) is 0. The van der Waals surface area contributed by atoms with Crippen molar-refractivity contribution in [2.75, 3.05) is 6.26 Å². The van der Waals surface area contributed by atoms with Crippen LogP contribution in [0.15, 0.2) is 58.8 Å². The molecule has 2 aromatic carbocycles. The van der Waals surface area contributed by atoms with E-state index in [2.05, 4.69) is 35.5 Å². The molecule has 1 N–H and O–H groups in total. The van der Waals surface area contributed by atoms with Crippen LogP contribution in [0.5, 0.6) is 5.75 Å². The minimum absolute atomic E-state index is 0.267. The molecule has 20 heavy (non-hydrogen) atoms. The van der Waals surface area contributed by atoms with Crippen molar-refractivity contribution >= 4 is 23.1 Å². The highest BCUT2D eigenvalue weighted by atomic mass is 32.2. The molecule has 4 heteroatoms. The molecule has 0 bridgehead atoms. The highest BCUT2D eigenvalue weighted by Crippen LogP contribution is 2.31. The van der Waals surface area contributed by atoms with Crippen LogP contribution in [-0.4, -0.2) is 16.3 Å². The number of thiazole rings is 1. The van der Waals surface area contributed by atoms with Gasteiger partial charge in [-0.05, 0) is 30.5 Å². The lowest BCUT2D eigenvalue weighted by Gasteiger charge is -1.99. The number of benzene rings is 2. The van der Waals surface area contributed by atoms with Gasteiger partial charge in [0.15, 0.2) is 0 Å². The zero-order valence-corrected chi connectivity index (χ0v) is 12.5. The first kappa shape index (κ1) is 13.2. The SMILES string of the molecule is CSc1ccc(-c2csc(-c3cccc(O)c3)n2)cc1. The summed E-state index contributed by atoms with van der Waals surface area (Å²) in [5.41, 5.74) is 3.04. The van der Waals surface area contributed by atoms with Crippen LogP contribution in [0.25, 0.3) is 21.8 Å². The number of rotatable bonds is 3. The van der Waals surface area contributed by atoms with Crippen molar-refractivity contribution in [3.63, 3.8) is 0 Å². The van der Waals surface area contributed by atoms with Gasteiger partial charge in [-0.15, -0.1) is 23.1 Å². The minimum Gasteiger partial charge on any atom is -0.508 e. The molecular weight excluding hydrogens is 286 g/mol. The molecule has 0 saturated carbocycles. The van der Waals surface area contributed by atoms with Gasteiger partial charge in [-0.3, -0.25) is 0 Å². The third-order valence-corrected chi connectivity index (χ3v) is 4.62. The molecular formula is C16H13NOS2. The highest BCUT2D eigenvalue weighted by molar-refractivity contribution is 7.98. The van der Waals surface area contributed by atoms with Crippen LogP contribution < -0.4 is 0 Å². The Hall–Kier alpha value is -1.78. The number of aromatic nitrogens is 1. The van der Waals surface area contributed by atoms with Gasteiger partial charge in [0, 0.05) is 21.4 Å². The standard InChI is InChI=1S/C16H13NOS2/c1-19-14-7-5-11(6-8-14)15-10-20-16(17-15)12-3-2-4-13(18)9-12/h2-10,18H,1H3. The molecule has 2 nitrogen and oxygen atoms in total. The third kappa shape index (κ3) is 2.71. The number of phenols is 1. The first-order valence-electron chi connectivity index (χ1n) is 6.15. The molecule has 0 atom stereocenters. The molecule has 0 aliphatic rings. The number of thioether (sulfide) groups is 1. The monoisotopic (exact) mass is 299 g/mol. The third-order valence-electron chi connectivity index (χ3n) is 2.98. The smallest absolute Gasteiger partial charge is 0.124 e. The maximum Gasteiger partial charge on any atom is 0.124 e. The van der Waals surface area contributed by atoms with Crippen LogP contribution in [0.4, 0.5) is 0 Å². The normalized spacial score (nSPS) is 10.7. The van der Waals surface area contributed by atoms with Gasteiger partial charge in [0.05, 0.1) is 5.69 Å². The largest absolute Gasteiger partial charge is 0.508 e. The lowest BCUT2D eigenvalue weighted by atomic mass is 10.2. The first-order chi connectivity index (χ1) is 9.76. The van der Waals surface area contributed by atoms with Crippen LogP contribution in [0.1, 0.15) is 0 Å². The molecule has 0 aliphatic heterocycles. The summed E-state index contributed by atoms with van der Waals surface area (Å²) in [6, 6.07) is 15.6. The fourth-order valence-electron chi connectivity index (χ4n) is 1.94. The molecule has 0 radical (unpaired) electrons. The number of hydrogen-bond donors (Lipinski definition) is 1. The van der Waals surface area contributed by atoms with Gasteiger partial charge < -0.3 is 5.11 Å². The number of phenolic OH excluding ortho intramolecular Hbond substituents is 1. The number of nitrogens with zero attached hydrogens (tertiary/aromatic N) is 1. The highest BCUT2D eigenvalue weighted by Gasteiger charge is 2.07. The quantitative estimate of drug-likeness (QED) is 0.698. The second kappa shape index (κ2) is 5.69. The molecule has 0 amide bonds. The zero-order valence-electron chi connectivity index (χ0n) is 10.9. The summed E-state index contributed by atoms with van der Waals surface area (Å²) in [7, 11) is 0. The Morgan fingerprint density at radius 1 is 1.05 bits per heavy atom. The molecule has 0 aliphatic carbocycles. The van der Waals surface area contributed by atoms with Gasteiger partial charge in [-0.1, -0.05) is 24.3 Å². The molecule has 1 heterocycles. The van der Waals surface area contributed by atoms with Crippen LogP contribution in [-0.2, 0) is 0 Å². The van der Waals surface area contributed by atoms with E-state index in [1.165, 1.54) is 4.90 Å². The second-order valence-electron chi connectivity index (χ2n) is 4.32. The Morgan fingerprint density at radius 2 is 1.85 bits per heavy atom. The average molecular weight is 299 g/mol. The van der Waals surface area contributed by atoms with Gasteiger partial charge in [-0.25, -0.2) is 4.98 Å². The van der Waals surface area contributed by atoms with Crippen LogP contribution in [0, 0.1) is 0 Å². The van der Waals surface area contributed by atoms with Gasteiger partial charge >= 0.3 is 0 Å². The Balaban J connectivity index is 1.93. The molecule has 0 fully saturated rings. The van der Waals surface area contributed by atoms with Crippen molar-refractivity contribution in [2.24, 2.45) is 0 Å². The number of hydrogen-bond acceptors (Lipinski definition) is 4. The van der Waals surface area contributed by atoms with Gasteiger partial charge in [0.25, 0.3) is 0 Å². The molecule has 100 valence electrons. The zero-order chi connectivity index (χ0) is 13.9. The summed E-state index contributed by atoms with van der Waals surface area (Å²) in [4.78, 5) is 5.90. The average Bonchev–Trinajstić information content (AvgIpc) is 2.97. The maximum atomic E-state index is 9.53. The van der Waals surface area contributed by atoms with Gasteiger partial charge in [-0.2, -0.15) is 0 Å². The van der Waals surface area contributed by atoms with Crippen LogP contribution >= 0.6 is 23.1 Å². The minimum atomic E-state index is 0.267. The van der Waals surface area contributed by atoms with Crippen molar-refractivity contribution in [1.29, 1.82) is 0 Å². The topological polar surface area (TPSA) is 33.1 Å². The molecule has 0 unspecified atom stereocenters. The molecule has 3 aromatic rings. The van der Waals surface area contributed by atoms with Gasteiger partial charge in [0.2, 0.25) is 0 Å². The van der Waals surface area contributed by atoms with Gasteiger partial charge in [0.1, 0.15) is 10.8 Å². The van der Waals surface area contributed by atoms with E-state index in [4.69, 9.17) is 0 Å². The van der Waals surface area contributed by atoms with E-state index < -0.39 is 0 Å². The fourth-order valence-corrected chi connectivity index (χ4v) is 3.17. The Morgan fingerprint density at radius 3 is 2.55 bits per heavy atom. The predicted molar refractivity (Wildman–Crippen MR) is 86.4 cm³/mol. The first-order valence-corrected chi connectivity index (χ1v) is 8.26. The Kier molecular flexibility index (Phi) is 3.76. The van der Waals surface area contributed by atoms with E-state index >= 15 is 0 Å². The van der Waals surface area contributed by atoms with Crippen molar-refractivity contribution in [1.82, 2.24) is 4.98 Å². The molecule has 0 saturated heterocycles. The molecule has 1 aromatic heterocycles.